The normalized spacial score (nSPS) is 15.3. The zero-order valence-corrected chi connectivity index (χ0v) is 15.6. The van der Waals surface area contributed by atoms with E-state index in [1.807, 2.05) is 31.9 Å². The smallest absolute Gasteiger partial charge is 0.274 e. The average molecular weight is 355 g/mol. The Bertz CT molecular complexity index is 755. The first-order valence-corrected chi connectivity index (χ1v) is 9.06. The van der Waals surface area contributed by atoms with Gasteiger partial charge in [0.25, 0.3) is 5.91 Å². The molecule has 1 aliphatic rings. The molecule has 1 amide bonds. The zero-order valence-electron chi connectivity index (χ0n) is 15.6. The van der Waals surface area contributed by atoms with Crippen LogP contribution in [-0.2, 0) is 11.3 Å². The van der Waals surface area contributed by atoms with Gasteiger partial charge in [0, 0.05) is 43.6 Å². The Kier molecular flexibility index (Phi) is 5.88. The minimum Gasteiger partial charge on any atom is -0.377 e. The molecule has 1 fully saturated rings. The Labute approximate surface area is 153 Å². The van der Waals surface area contributed by atoms with E-state index in [0.717, 1.165) is 35.6 Å². The van der Waals surface area contributed by atoms with Crippen molar-refractivity contribution >= 4 is 5.91 Å². The lowest BCUT2D eigenvalue weighted by molar-refractivity contribution is 0.0704. The molecule has 0 aromatic carbocycles. The van der Waals surface area contributed by atoms with Crippen LogP contribution < -0.4 is 0 Å². The van der Waals surface area contributed by atoms with Gasteiger partial charge in [0.1, 0.15) is 11.5 Å². The average Bonchev–Trinajstić information content (AvgIpc) is 2.67. The number of ether oxygens (including phenoxy) is 1. The van der Waals surface area contributed by atoms with Gasteiger partial charge >= 0.3 is 0 Å². The first kappa shape index (κ1) is 18.4. The van der Waals surface area contributed by atoms with Crippen molar-refractivity contribution in [1.82, 2.24) is 24.8 Å². The fourth-order valence-electron chi connectivity index (χ4n) is 3.21. The predicted molar refractivity (Wildman–Crippen MR) is 96.7 cm³/mol. The summed E-state index contributed by atoms with van der Waals surface area (Å²) in [6.07, 6.45) is 6.80. The third kappa shape index (κ3) is 4.22. The van der Waals surface area contributed by atoms with Crippen LogP contribution in [0.5, 0.6) is 0 Å². The summed E-state index contributed by atoms with van der Waals surface area (Å²) in [7, 11) is 0. The second-order valence-corrected chi connectivity index (χ2v) is 6.57. The molecule has 7 heteroatoms. The van der Waals surface area contributed by atoms with E-state index in [-0.39, 0.29) is 5.91 Å². The fourth-order valence-corrected chi connectivity index (χ4v) is 3.21. The first-order valence-electron chi connectivity index (χ1n) is 9.06. The van der Waals surface area contributed by atoms with Crippen molar-refractivity contribution < 1.29 is 9.53 Å². The van der Waals surface area contributed by atoms with Crippen LogP contribution in [-0.4, -0.2) is 50.4 Å². The molecule has 0 saturated carbocycles. The molecular formula is C19H25N5O2. The van der Waals surface area contributed by atoms with Crippen molar-refractivity contribution in [3.63, 3.8) is 0 Å². The number of carbonyl (C=O) groups is 1. The number of carbonyl (C=O) groups excluding carboxylic acids is 1. The van der Waals surface area contributed by atoms with E-state index >= 15 is 0 Å². The molecule has 7 nitrogen and oxygen atoms in total. The van der Waals surface area contributed by atoms with Crippen molar-refractivity contribution in [2.45, 2.75) is 46.1 Å². The third-order valence-corrected chi connectivity index (χ3v) is 4.65. The minimum atomic E-state index is -0.0515. The number of amides is 1. The molecule has 1 saturated heterocycles. The van der Waals surface area contributed by atoms with E-state index in [1.54, 1.807) is 12.4 Å². The van der Waals surface area contributed by atoms with E-state index in [4.69, 9.17) is 4.74 Å². The summed E-state index contributed by atoms with van der Waals surface area (Å²) in [5, 5.41) is 0. The summed E-state index contributed by atoms with van der Waals surface area (Å²) in [6, 6.07) is 0. The molecule has 3 rings (SSSR count). The Morgan fingerprint density at radius 3 is 2.58 bits per heavy atom. The van der Waals surface area contributed by atoms with Crippen molar-refractivity contribution in [1.29, 1.82) is 0 Å². The van der Waals surface area contributed by atoms with E-state index < -0.39 is 0 Å². The maximum atomic E-state index is 12.6. The number of hydrogen-bond donors (Lipinski definition) is 0. The summed E-state index contributed by atoms with van der Waals surface area (Å²) < 4.78 is 5.56. The van der Waals surface area contributed by atoms with Gasteiger partial charge in [-0.05, 0) is 33.6 Å². The maximum absolute atomic E-state index is 12.6. The number of likely N-dealkylation sites (tertiary alicyclic amines) is 1. The second-order valence-electron chi connectivity index (χ2n) is 6.57. The second kappa shape index (κ2) is 8.31. The standard InChI is InChI=1S/C19H25N5O2/c1-4-26-12-16-10-21-14(3)23-18(16)15-5-7-24(8-6-15)19(25)17-11-20-13(2)9-22-17/h9-11,15H,4-8,12H2,1-3H3. The lowest BCUT2D eigenvalue weighted by Crippen LogP contribution is -2.38. The lowest BCUT2D eigenvalue weighted by atomic mass is 9.90. The van der Waals surface area contributed by atoms with Crippen LogP contribution in [0.3, 0.4) is 0 Å². The summed E-state index contributed by atoms with van der Waals surface area (Å²) >= 11 is 0. The molecule has 1 aliphatic heterocycles. The van der Waals surface area contributed by atoms with Gasteiger partial charge in [-0.3, -0.25) is 9.78 Å². The highest BCUT2D eigenvalue weighted by Gasteiger charge is 2.27. The first-order chi connectivity index (χ1) is 12.6. The number of rotatable bonds is 5. The molecule has 2 aromatic rings. The van der Waals surface area contributed by atoms with Crippen LogP contribution in [0.1, 0.15) is 58.9 Å². The molecule has 26 heavy (non-hydrogen) atoms. The van der Waals surface area contributed by atoms with Crippen LogP contribution >= 0.6 is 0 Å². The van der Waals surface area contributed by atoms with Crippen LogP contribution in [0.25, 0.3) is 0 Å². The minimum absolute atomic E-state index is 0.0515. The molecule has 0 unspecified atom stereocenters. The van der Waals surface area contributed by atoms with Crippen molar-refractivity contribution in [3.05, 3.63) is 47.1 Å². The number of aryl methyl sites for hydroxylation is 2. The molecule has 0 aliphatic carbocycles. The molecule has 0 N–H and O–H groups in total. The Balaban J connectivity index is 1.67. The van der Waals surface area contributed by atoms with Crippen LogP contribution in [0.15, 0.2) is 18.6 Å². The van der Waals surface area contributed by atoms with E-state index in [1.165, 1.54) is 0 Å². The van der Waals surface area contributed by atoms with Gasteiger partial charge in [-0.15, -0.1) is 0 Å². The van der Waals surface area contributed by atoms with Crippen molar-refractivity contribution in [2.75, 3.05) is 19.7 Å². The van der Waals surface area contributed by atoms with E-state index in [2.05, 4.69) is 19.9 Å². The summed E-state index contributed by atoms with van der Waals surface area (Å²) in [5.41, 5.74) is 3.32. The fraction of sp³-hybridized carbons (Fsp3) is 0.526. The SMILES string of the molecule is CCOCc1cnc(C)nc1C1CCN(C(=O)c2cnc(C)cn2)CC1. The number of piperidine rings is 1. The molecule has 0 bridgehead atoms. The Morgan fingerprint density at radius 1 is 1.15 bits per heavy atom. The number of nitrogens with zero attached hydrogens (tertiary/aromatic N) is 5. The largest absolute Gasteiger partial charge is 0.377 e. The lowest BCUT2D eigenvalue weighted by Gasteiger charge is -2.32. The molecule has 0 radical (unpaired) electrons. The van der Waals surface area contributed by atoms with Crippen LogP contribution in [0, 0.1) is 13.8 Å². The summed E-state index contributed by atoms with van der Waals surface area (Å²) in [5.74, 6) is 1.04. The van der Waals surface area contributed by atoms with Crippen LogP contribution in [0.4, 0.5) is 0 Å². The predicted octanol–water partition coefficient (Wildman–Crippen LogP) is 2.44. The van der Waals surface area contributed by atoms with Gasteiger partial charge in [-0.25, -0.2) is 15.0 Å². The summed E-state index contributed by atoms with van der Waals surface area (Å²) in [4.78, 5) is 31.8. The van der Waals surface area contributed by atoms with E-state index in [0.29, 0.717) is 37.9 Å². The monoisotopic (exact) mass is 355 g/mol. The van der Waals surface area contributed by atoms with Gasteiger partial charge in [-0.1, -0.05) is 0 Å². The zero-order chi connectivity index (χ0) is 18.5. The number of hydrogen-bond acceptors (Lipinski definition) is 6. The van der Waals surface area contributed by atoms with Gasteiger partial charge in [-0.2, -0.15) is 0 Å². The Morgan fingerprint density at radius 2 is 1.92 bits per heavy atom. The Hall–Kier alpha value is -2.41. The summed E-state index contributed by atoms with van der Waals surface area (Å²) in [6.45, 7) is 8.32. The van der Waals surface area contributed by atoms with E-state index in [9.17, 15) is 4.79 Å². The van der Waals surface area contributed by atoms with Gasteiger partial charge in [0.05, 0.1) is 24.2 Å². The molecule has 138 valence electrons. The topological polar surface area (TPSA) is 81.1 Å². The molecule has 0 spiro atoms. The van der Waals surface area contributed by atoms with Gasteiger partial charge in [0.2, 0.25) is 0 Å². The highest BCUT2D eigenvalue weighted by atomic mass is 16.5. The molecule has 2 aromatic heterocycles. The van der Waals surface area contributed by atoms with Gasteiger partial charge in [0.15, 0.2) is 0 Å². The molecular weight excluding hydrogens is 330 g/mol. The molecule has 0 atom stereocenters. The highest BCUT2D eigenvalue weighted by molar-refractivity contribution is 5.92. The van der Waals surface area contributed by atoms with Crippen molar-refractivity contribution in [2.24, 2.45) is 0 Å². The van der Waals surface area contributed by atoms with Gasteiger partial charge < -0.3 is 9.64 Å². The van der Waals surface area contributed by atoms with Crippen molar-refractivity contribution in [3.8, 4) is 0 Å². The highest BCUT2D eigenvalue weighted by Crippen LogP contribution is 2.29. The van der Waals surface area contributed by atoms with Crippen LogP contribution in [0.2, 0.25) is 0 Å². The quantitative estimate of drug-likeness (QED) is 0.819. The number of aromatic nitrogens is 4. The third-order valence-electron chi connectivity index (χ3n) is 4.65. The maximum Gasteiger partial charge on any atom is 0.274 e. The molecule has 3 heterocycles.